The van der Waals surface area contributed by atoms with E-state index in [-0.39, 0.29) is 0 Å². The Hall–Kier alpha value is -2.20. The Morgan fingerprint density at radius 3 is 2.64 bits per heavy atom. The molecule has 0 saturated carbocycles. The van der Waals surface area contributed by atoms with E-state index in [1.54, 1.807) is 18.0 Å². The zero-order valence-corrected chi connectivity index (χ0v) is 15.8. The Morgan fingerprint density at radius 1 is 1.28 bits per heavy atom. The van der Waals surface area contributed by atoms with Gasteiger partial charge in [-0.1, -0.05) is 30.9 Å². The van der Waals surface area contributed by atoms with Gasteiger partial charge in [-0.25, -0.2) is 4.98 Å². The lowest BCUT2D eigenvalue weighted by Crippen LogP contribution is -2.24. The summed E-state index contributed by atoms with van der Waals surface area (Å²) in [5.74, 6) is 1.84. The molecule has 25 heavy (non-hydrogen) atoms. The summed E-state index contributed by atoms with van der Waals surface area (Å²) in [5.41, 5.74) is 1.27. The van der Waals surface area contributed by atoms with Crippen molar-refractivity contribution in [1.29, 1.82) is 0 Å². The molecule has 1 unspecified atom stereocenters. The number of nitrogens with zero attached hydrogens (tertiary/aromatic N) is 2. The summed E-state index contributed by atoms with van der Waals surface area (Å²) in [6.45, 7) is 11.3. The fourth-order valence-corrected chi connectivity index (χ4v) is 3.27. The van der Waals surface area contributed by atoms with Gasteiger partial charge in [0.25, 0.3) is 0 Å². The highest BCUT2D eigenvalue weighted by Crippen LogP contribution is 2.24. The van der Waals surface area contributed by atoms with E-state index in [0.717, 1.165) is 29.4 Å². The Bertz CT molecular complexity index is 670. The molecule has 132 valence electrons. The lowest BCUT2D eigenvalue weighted by atomic mass is 10.1. The van der Waals surface area contributed by atoms with Crippen LogP contribution in [-0.4, -0.2) is 30.4 Å². The summed E-state index contributed by atoms with van der Waals surface area (Å²) in [4.78, 5) is 7.52. The van der Waals surface area contributed by atoms with Gasteiger partial charge in [0.1, 0.15) is 18.2 Å². The van der Waals surface area contributed by atoms with Crippen LogP contribution in [0.25, 0.3) is 0 Å². The molecule has 4 heteroatoms. The van der Waals surface area contributed by atoms with Crippen molar-refractivity contribution in [3.05, 3.63) is 78.4 Å². The van der Waals surface area contributed by atoms with Crippen LogP contribution in [-0.2, 0) is 6.42 Å². The van der Waals surface area contributed by atoms with E-state index in [1.807, 2.05) is 50.4 Å². The van der Waals surface area contributed by atoms with Crippen LogP contribution in [0, 0.1) is 0 Å². The SMILES string of the molecule is C=CC(Cc1ccc(OCCN(C)c2ccccn2)cc1)SC(=C)C. The molecule has 0 bridgehead atoms. The lowest BCUT2D eigenvalue weighted by Gasteiger charge is -2.18. The molecule has 0 radical (unpaired) electrons. The van der Waals surface area contributed by atoms with Crippen LogP contribution in [0.1, 0.15) is 12.5 Å². The van der Waals surface area contributed by atoms with Gasteiger partial charge in [0.2, 0.25) is 0 Å². The van der Waals surface area contributed by atoms with E-state index < -0.39 is 0 Å². The quantitative estimate of drug-likeness (QED) is 0.563. The van der Waals surface area contributed by atoms with Gasteiger partial charge in [-0.2, -0.15) is 0 Å². The molecule has 3 nitrogen and oxygen atoms in total. The highest BCUT2D eigenvalue weighted by Gasteiger charge is 2.07. The maximum absolute atomic E-state index is 5.84. The molecule has 0 amide bonds. The van der Waals surface area contributed by atoms with Gasteiger partial charge in [-0.3, -0.25) is 0 Å². The summed E-state index contributed by atoms with van der Waals surface area (Å²) >= 11 is 1.76. The Kier molecular flexibility index (Phi) is 7.61. The molecule has 0 N–H and O–H groups in total. The summed E-state index contributed by atoms with van der Waals surface area (Å²) in [6.07, 6.45) is 4.73. The number of anilines is 1. The molecule has 1 atom stereocenters. The molecular formula is C21H26N2OS. The molecular weight excluding hydrogens is 328 g/mol. The van der Waals surface area contributed by atoms with Gasteiger partial charge in [0, 0.05) is 18.5 Å². The number of benzene rings is 1. The van der Waals surface area contributed by atoms with E-state index in [9.17, 15) is 0 Å². The number of aromatic nitrogens is 1. The van der Waals surface area contributed by atoms with Gasteiger partial charge < -0.3 is 9.64 Å². The van der Waals surface area contributed by atoms with Crippen LogP contribution in [0.15, 0.2) is 72.8 Å². The average molecular weight is 355 g/mol. The minimum atomic E-state index is 0.358. The van der Waals surface area contributed by atoms with E-state index in [4.69, 9.17) is 4.74 Å². The van der Waals surface area contributed by atoms with Crippen molar-refractivity contribution >= 4 is 17.6 Å². The van der Waals surface area contributed by atoms with Crippen molar-refractivity contribution in [2.45, 2.75) is 18.6 Å². The first-order valence-corrected chi connectivity index (χ1v) is 9.25. The molecule has 0 aliphatic rings. The fourth-order valence-electron chi connectivity index (χ4n) is 2.38. The van der Waals surface area contributed by atoms with Crippen molar-refractivity contribution in [3.63, 3.8) is 0 Å². The molecule has 2 aromatic rings. The molecule has 1 aromatic carbocycles. The summed E-state index contributed by atoms with van der Waals surface area (Å²) < 4.78 is 5.84. The second-order valence-electron chi connectivity index (χ2n) is 5.90. The third-order valence-corrected chi connectivity index (χ3v) is 4.78. The number of likely N-dealkylation sites (N-methyl/N-ethyl adjacent to an activating group) is 1. The minimum Gasteiger partial charge on any atom is -0.492 e. The zero-order chi connectivity index (χ0) is 18.1. The molecule has 0 saturated heterocycles. The van der Waals surface area contributed by atoms with E-state index in [1.165, 1.54) is 5.56 Å². The van der Waals surface area contributed by atoms with Gasteiger partial charge in [0.15, 0.2) is 0 Å². The van der Waals surface area contributed by atoms with Crippen LogP contribution in [0.3, 0.4) is 0 Å². The van der Waals surface area contributed by atoms with Crippen LogP contribution >= 0.6 is 11.8 Å². The number of ether oxygens (including phenoxy) is 1. The first-order valence-electron chi connectivity index (χ1n) is 8.37. The largest absolute Gasteiger partial charge is 0.492 e. The van der Waals surface area contributed by atoms with Gasteiger partial charge in [-0.15, -0.1) is 18.3 Å². The number of hydrogen-bond donors (Lipinski definition) is 0. The average Bonchev–Trinajstić information content (AvgIpc) is 2.62. The molecule has 2 rings (SSSR count). The van der Waals surface area contributed by atoms with Crippen LogP contribution in [0.4, 0.5) is 5.82 Å². The first kappa shape index (κ1) is 19.1. The smallest absolute Gasteiger partial charge is 0.128 e. The number of allylic oxidation sites excluding steroid dienone is 1. The summed E-state index contributed by atoms with van der Waals surface area (Å²) in [7, 11) is 2.02. The second kappa shape index (κ2) is 9.94. The van der Waals surface area contributed by atoms with Crippen LogP contribution in [0.2, 0.25) is 0 Å². The lowest BCUT2D eigenvalue weighted by molar-refractivity contribution is 0.325. The number of thioether (sulfide) groups is 1. The van der Waals surface area contributed by atoms with E-state index in [2.05, 4.69) is 35.2 Å². The number of hydrogen-bond acceptors (Lipinski definition) is 4. The van der Waals surface area contributed by atoms with Gasteiger partial charge >= 0.3 is 0 Å². The molecule has 0 aliphatic heterocycles. The van der Waals surface area contributed by atoms with Crippen molar-refractivity contribution in [2.75, 3.05) is 25.1 Å². The normalized spacial score (nSPS) is 11.6. The zero-order valence-electron chi connectivity index (χ0n) is 15.0. The predicted octanol–water partition coefficient (Wildman–Crippen LogP) is 4.96. The topological polar surface area (TPSA) is 25.4 Å². The standard InChI is InChI=1S/C21H26N2OS/c1-5-20(25-17(2)3)16-18-9-11-19(12-10-18)24-15-14-23(4)21-8-6-7-13-22-21/h5-13,20H,1-2,14-16H2,3-4H3. The third-order valence-electron chi connectivity index (χ3n) is 3.71. The monoisotopic (exact) mass is 354 g/mol. The van der Waals surface area contributed by atoms with Crippen molar-refractivity contribution in [2.24, 2.45) is 0 Å². The molecule has 1 heterocycles. The second-order valence-corrected chi connectivity index (χ2v) is 7.44. The van der Waals surface area contributed by atoms with E-state index in [0.29, 0.717) is 11.9 Å². The van der Waals surface area contributed by atoms with Crippen molar-refractivity contribution < 1.29 is 4.74 Å². The molecule has 0 aliphatic carbocycles. The number of pyridine rings is 1. The Morgan fingerprint density at radius 2 is 2.04 bits per heavy atom. The minimum absolute atomic E-state index is 0.358. The highest BCUT2D eigenvalue weighted by molar-refractivity contribution is 8.03. The highest BCUT2D eigenvalue weighted by atomic mass is 32.2. The predicted molar refractivity (Wildman–Crippen MR) is 110 cm³/mol. The maximum atomic E-state index is 5.84. The Labute approximate surface area is 155 Å². The van der Waals surface area contributed by atoms with Crippen molar-refractivity contribution in [1.82, 2.24) is 4.98 Å². The summed E-state index contributed by atoms with van der Waals surface area (Å²) in [5, 5.41) is 0.358. The molecule has 0 fully saturated rings. The molecule has 0 spiro atoms. The number of rotatable bonds is 10. The summed E-state index contributed by atoms with van der Waals surface area (Å²) in [6, 6.07) is 14.2. The van der Waals surface area contributed by atoms with Crippen LogP contribution < -0.4 is 9.64 Å². The van der Waals surface area contributed by atoms with Gasteiger partial charge in [0.05, 0.1) is 6.54 Å². The Balaban J connectivity index is 1.80. The fraction of sp³-hybridized carbons (Fsp3) is 0.286. The van der Waals surface area contributed by atoms with E-state index >= 15 is 0 Å². The maximum Gasteiger partial charge on any atom is 0.128 e. The van der Waals surface area contributed by atoms with Crippen LogP contribution in [0.5, 0.6) is 5.75 Å². The third kappa shape index (κ3) is 6.67. The van der Waals surface area contributed by atoms with Crippen molar-refractivity contribution in [3.8, 4) is 5.75 Å². The first-order chi connectivity index (χ1) is 12.1. The molecule has 1 aromatic heterocycles. The van der Waals surface area contributed by atoms with Gasteiger partial charge in [-0.05, 0) is 48.1 Å².